The first-order chi connectivity index (χ1) is 12.8. The molecule has 1 aliphatic rings. The Labute approximate surface area is 160 Å². The molecule has 138 valence electrons. The Balaban J connectivity index is 1.57. The van der Waals surface area contributed by atoms with E-state index in [4.69, 9.17) is 11.6 Å². The number of benzene rings is 1. The number of aromatic nitrogens is 3. The molecule has 0 fully saturated rings. The van der Waals surface area contributed by atoms with E-state index in [9.17, 15) is 13.6 Å². The first-order valence-corrected chi connectivity index (χ1v) is 8.62. The second-order valence-electron chi connectivity index (χ2n) is 5.53. The van der Waals surface area contributed by atoms with Gasteiger partial charge in [0, 0.05) is 17.8 Å². The van der Waals surface area contributed by atoms with Crippen LogP contribution in [0.15, 0.2) is 30.7 Å². The largest absolute Gasteiger partial charge is 0.586 e. The van der Waals surface area contributed by atoms with Crippen LogP contribution < -0.4 is 14.8 Å². The second kappa shape index (κ2) is 6.39. The molecule has 11 heteroatoms. The Morgan fingerprint density at radius 2 is 1.93 bits per heavy atom. The van der Waals surface area contributed by atoms with Crippen LogP contribution in [0.25, 0.3) is 11.3 Å². The fourth-order valence-corrected chi connectivity index (χ4v) is 3.28. The van der Waals surface area contributed by atoms with Crippen LogP contribution in [0.1, 0.15) is 15.2 Å². The molecule has 0 radical (unpaired) electrons. The van der Waals surface area contributed by atoms with Crippen molar-refractivity contribution in [2.45, 2.75) is 13.2 Å². The fourth-order valence-electron chi connectivity index (χ4n) is 2.38. The molecule has 1 aromatic carbocycles. The third kappa shape index (κ3) is 3.40. The van der Waals surface area contributed by atoms with Crippen LogP contribution >= 0.6 is 23.1 Å². The molecule has 1 aliphatic heterocycles. The maximum atomic E-state index is 13.2. The van der Waals surface area contributed by atoms with Gasteiger partial charge in [0.15, 0.2) is 17.3 Å². The number of hydrogen-bond acceptors (Lipinski definition) is 7. The molecular weight excluding hydrogens is 402 g/mol. The highest BCUT2D eigenvalue weighted by molar-refractivity contribution is 7.08. The van der Waals surface area contributed by atoms with Crippen molar-refractivity contribution in [3.8, 4) is 22.8 Å². The smallest absolute Gasteiger partial charge is 0.395 e. The number of amides is 1. The third-order valence-corrected chi connectivity index (χ3v) is 4.83. The number of hydrogen-bond donors (Lipinski definition) is 1. The SMILES string of the molecule is Cc1cnsc1C(=O)Nc1cnc(-c2cc3c(cc2Cl)OC(F)(F)O3)cn1. The molecule has 0 saturated carbocycles. The standard InChI is InChI=1S/C16H9ClF2N4O3S/c1-7-4-22-27-14(7)15(24)23-13-6-20-10(5-21-13)8-2-11-12(3-9(8)17)26-16(18,19)25-11/h2-6H,1H3,(H,21,23,24). The van der Waals surface area contributed by atoms with E-state index in [1.807, 2.05) is 0 Å². The molecule has 0 saturated heterocycles. The molecular formula is C16H9ClF2N4O3S. The van der Waals surface area contributed by atoms with Gasteiger partial charge >= 0.3 is 6.29 Å². The lowest BCUT2D eigenvalue weighted by molar-refractivity contribution is -0.286. The van der Waals surface area contributed by atoms with Crippen LogP contribution in [-0.2, 0) is 0 Å². The minimum absolute atomic E-state index is 0.140. The van der Waals surface area contributed by atoms with Gasteiger partial charge in [0.2, 0.25) is 0 Å². The predicted molar refractivity (Wildman–Crippen MR) is 93.5 cm³/mol. The van der Waals surface area contributed by atoms with Crippen molar-refractivity contribution in [1.82, 2.24) is 14.3 Å². The van der Waals surface area contributed by atoms with Crippen LogP contribution in [0.5, 0.6) is 11.5 Å². The maximum Gasteiger partial charge on any atom is 0.586 e. The minimum atomic E-state index is -3.74. The van der Waals surface area contributed by atoms with Crippen LogP contribution in [0.3, 0.4) is 0 Å². The van der Waals surface area contributed by atoms with Crippen LogP contribution in [-0.4, -0.2) is 26.5 Å². The molecule has 0 spiro atoms. The predicted octanol–water partition coefficient (Wildman–Crippen LogP) is 4.14. The molecule has 3 aromatic rings. The Kier molecular flexibility index (Phi) is 4.16. The van der Waals surface area contributed by atoms with Gasteiger partial charge in [0.1, 0.15) is 4.88 Å². The van der Waals surface area contributed by atoms with Crippen molar-refractivity contribution >= 4 is 34.9 Å². The lowest BCUT2D eigenvalue weighted by Gasteiger charge is -2.07. The van der Waals surface area contributed by atoms with Gasteiger partial charge in [-0.05, 0) is 30.1 Å². The van der Waals surface area contributed by atoms with E-state index in [0.29, 0.717) is 16.1 Å². The van der Waals surface area contributed by atoms with E-state index in [2.05, 4.69) is 29.1 Å². The normalized spacial score (nSPS) is 14.2. The zero-order chi connectivity index (χ0) is 19.2. The molecule has 1 amide bonds. The number of anilines is 1. The van der Waals surface area contributed by atoms with E-state index in [0.717, 1.165) is 17.1 Å². The van der Waals surface area contributed by atoms with Crippen molar-refractivity contribution in [2.75, 3.05) is 5.32 Å². The quantitative estimate of drug-likeness (QED) is 0.698. The number of aryl methyl sites for hydroxylation is 1. The molecule has 0 unspecified atom stereocenters. The van der Waals surface area contributed by atoms with Gasteiger partial charge < -0.3 is 14.8 Å². The fraction of sp³-hybridized carbons (Fsp3) is 0.125. The van der Waals surface area contributed by atoms with Gasteiger partial charge in [0.25, 0.3) is 5.91 Å². The lowest BCUT2D eigenvalue weighted by atomic mass is 10.1. The summed E-state index contributed by atoms with van der Waals surface area (Å²) in [5, 5.41) is 2.75. The monoisotopic (exact) mass is 410 g/mol. The molecule has 27 heavy (non-hydrogen) atoms. The molecule has 0 bridgehead atoms. The highest BCUT2D eigenvalue weighted by Crippen LogP contribution is 2.45. The van der Waals surface area contributed by atoms with Gasteiger partial charge in [-0.3, -0.25) is 9.78 Å². The van der Waals surface area contributed by atoms with Gasteiger partial charge in [-0.15, -0.1) is 8.78 Å². The van der Waals surface area contributed by atoms with E-state index < -0.39 is 6.29 Å². The Hall–Kier alpha value is -2.85. The summed E-state index contributed by atoms with van der Waals surface area (Å²) in [5.74, 6) is -0.440. The van der Waals surface area contributed by atoms with E-state index in [1.54, 1.807) is 13.1 Å². The first-order valence-electron chi connectivity index (χ1n) is 7.47. The Morgan fingerprint density at radius 1 is 1.19 bits per heavy atom. The number of nitrogens with one attached hydrogen (secondary N) is 1. The zero-order valence-corrected chi connectivity index (χ0v) is 15.1. The van der Waals surface area contributed by atoms with Gasteiger partial charge in [-0.2, -0.15) is 0 Å². The van der Waals surface area contributed by atoms with Gasteiger partial charge in [0.05, 0.1) is 23.1 Å². The molecule has 4 rings (SSSR count). The Morgan fingerprint density at radius 3 is 2.56 bits per heavy atom. The van der Waals surface area contributed by atoms with Gasteiger partial charge in [-0.25, -0.2) is 9.36 Å². The molecule has 0 atom stereocenters. The second-order valence-corrected chi connectivity index (χ2v) is 6.73. The summed E-state index contributed by atoms with van der Waals surface area (Å²) >= 11 is 7.20. The highest BCUT2D eigenvalue weighted by Gasteiger charge is 2.43. The summed E-state index contributed by atoms with van der Waals surface area (Å²) in [7, 11) is 0. The van der Waals surface area contributed by atoms with Crippen molar-refractivity contribution in [2.24, 2.45) is 0 Å². The minimum Gasteiger partial charge on any atom is -0.395 e. The summed E-state index contributed by atoms with van der Waals surface area (Å²) in [4.78, 5) is 20.9. The van der Waals surface area contributed by atoms with Crippen molar-refractivity contribution in [3.63, 3.8) is 0 Å². The zero-order valence-electron chi connectivity index (χ0n) is 13.5. The number of halogens is 3. The number of rotatable bonds is 3. The molecule has 1 N–H and O–H groups in total. The summed E-state index contributed by atoms with van der Waals surface area (Å²) in [6.07, 6.45) is 0.550. The Bertz CT molecular complexity index is 1040. The number of alkyl halides is 2. The van der Waals surface area contributed by atoms with Crippen molar-refractivity contribution < 1.29 is 23.0 Å². The van der Waals surface area contributed by atoms with E-state index in [-0.39, 0.29) is 28.2 Å². The summed E-state index contributed by atoms with van der Waals surface area (Å²) < 4.78 is 39.0. The van der Waals surface area contributed by atoms with Crippen LogP contribution in [0, 0.1) is 6.92 Å². The third-order valence-electron chi connectivity index (χ3n) is 3.62. The number of carbonyl (C=O) groups excluding carboxylic acids is 1. The molecule has 2 aromatic heterocycles. The number of ether oxygens (including phenoxy) is 2. The lowest BCUT2D eigenvalue weighted by Crippen LogP contribution is -2.25. The van der Waals surface area contributed by atoms with E-state index >= 15 is 0 Å². The summed E-state index contributed by atoms with van der Waals surface area (Å²) in [5.41, 5.74) is 1.40. The average Bonchev–Trinajstić information content (AvgIpc) is 3.16. The van der Waals surface area contributed by atoms with Gasteiger partial charge in [-0.1, -0.05) is 11.6 Å². The first kappa shape index (κ1) is 17.6. The van der Waals surface area contributed by atoms with Crippen molar-refractivity contribution in [1.29, 1.82) is 0 Å². The number of fused-ring (bicyclic) bond motifs is 1. The number of nitrogens with zero attached hydrogens (tertiary/aromatic N) is 3. The molecule has 3 heterocycles. The molecule has 7 nitrogen and oxygen atoms in total. The van der Waals surface area contributed by atoms with E-state index in [1.165, 1.54) is 24.5 Å². The number of carbonyl (C=O) groups is 1. The maximum absolute atomic E-state index is 13.2. The van der Waals surface area contributed by atoms with Crippen LogP contribution in [0.4, 0.5) is 14.6 Å². The summed E-state index contributed by atoms with van der Waals surface area (Å²) in [6.45, 7) is 1.78. The molecule has 0 aliphatic carbocycles. The van der Waals surface area contributed by atoms with Crippen LogP contribution in [0.2, 0.25) is 5.02 Å². The topological polar surface area (TPSA) is 86.2 Å². The average molecular weight is 411 g/mol. The van der Waals surface area contributed by atoms with Crippen molar-refractivity contribution in [3.05, 3.63) is 46.2 Å². The summed E-state index contributed by atoms with van der Waals surface area (Å²) in [6, 6.07) is 2.51. The highest BCUT2D eigenvalue weighted by atomic mass is 35.5.